The summed E-state index contributed by atoms with van der Waals surface area (Å²) in [7, 11) is 0. The second-order valence-corrected chi connectivity index (χ2v) is 5.55. The summed E-state index contributed by atoms with van der Waals surface area (Å²) in [6, 6.07) is 9.30. The van der Waals surface area contributed by atoms with E-state index in [1.807, 2.05) is 31.2 Å². The minimum Gasteiger partial charge on any atom is -0.325 e. The number of rotatable bonds is 7. The monoisotopic (exact) mass is 313 g/mol. The van der Waals surface area contributed by atoms with Gasteiger partial charge in [0.15, 0.2) is 0 Å². The topological polar surface area (TPSA) is 64.0 Å². The summed E-state index contributed by atoms with van der Waals surface area (Å²) in [5.41, 5.74) is 2.53. The van der Waals surface area contributed by atoms with Crippen LogP contribution in [0.4, 0.5) is 5.69 Å². The van der Waals surface area contributed by atoms with Crippen molar-refractivity contribution in [3.63, 3.8) is 0 Å². The van der Waals surface area contributed by atoms with Gasteiger partial charge in [-0.2, -0.15) is 0 Å². The van der Waals surface area contributed by atoms with Crippen LogP contribution in [0.2, 0.25) is 0 Å². The molecule has 0 aliphatic carbocycles. The number of hydrogen-bond acceptors (Lipinski definition) is 3. The molecular weight excluding hydrogens is 290 g/mol. The predicted molar refractivity (Wildman–Crippen MR) is 91.6 cm³/mol. The standard InChI is InChI=1S/C18H23N3O2/c1-3-5-6-14-7-9-16(10-8-14)20-17(22)12-21-13-19-15(4-2)11-18(21)23/h7-11,13H,3-6,12H2,1-2H3,(H,20,22). The predicted octanol–water partition coefficient (Wildman–Crippen LogP) is 2.79. The summed E-state index contributed by atoms with van der Waals surface area (Å²) < 4.78 is 1.31. The highest BCUT2D eigenvalue weighted by atomic mass is 16.2. The van der Waals surface area contributed by atoms with Crippen molar-refractivity contribution in [1.82, 2.24) is 9.55 Å². The van der Waals surface area contributed by atoms with E-state index in [0.717, 1.165) is 30.6 Å². The Bertz CT molecular complexity index is 705. The van der Waals surface area contributed by atoms with Crippen LogP contribution in [-0.4, -0.2) is 15.5 Å². The number of hydrogen-bond donors (Lipinski definition) is 1. The van der Waals surface area contributed by atoms with Crippen molar-refractivity contribution in [2.45, 2.75) is 46.1 Å². The summed E-state index contributed by atoms with van der Waals surface area (Å²) >= 11 is 0. The molecule has 0 unspecified atom stereocenters. The molecule has 0 spiro atoms. The number of carbonyl (C=O) groups excluding carboxylic acids is 1. The van der Waals surface area contributed by atoms with E-state index in [-0.39, 0.29) is 18.0 Å². The fraction of sp³-hybridized carbons (Fsp3) is 0.389. The Morgan fingerprint density at radius 3 is 2.57 bits per heavy atom. The number of aromatic nitrogens is 2. The Kier molecular flexibility index (Phi) is 6.09. The van der Waals surface area contributed by atoms with E-state index < -0.39 is 0 Å². The van der Waals surface area contributed by atoms with Crippen LogP contribution in [0.5, 0.6) is 0 Å². The maximum absolute atomic E-state index is 12.0. The lowest BCUT2D eigenvalue weighted by atomic mass is 10.1. The lowest BCUT2D eigenvalue weighted by molar-refractivity contribution is -0.116. The van der Waals surface area contributed by atoms with Gasteiger partial charge in [0.1, 0.15) is 6.54 Å². The first-order valence-electron chi connectivity index (χ1n) is 8.06. The summed E-state index contributed by atoms with van der Waals surface area (Å²) in [5.74, 6) is -0.237. The first-order valence-corrected chi connectivity index (χ1v) is 8.06. The molecule has 1 aromatic heterocycles. The molecule has 0 fully saturated rings. The molecule has 0 bridgehead atoms. The molecule has 0 aliphatic heterocycles. The zero-order valence-electron chi connectivity index (χ0n) is 13.7. The third kappa shape index (κ3) is 5.06. The largest absolute Gasteiger partial charge is 0.325 e. The van der Waals surface area contributed by atoms with Gasteiger partial charge in [-0.25, -0.2) is 4.98 Å². The van der Waals surface area contributed by atoms with Crippen molar-refractivity contribution in [2.75, 3.05) is 5.32 Å². The first-order chi connectivity index (χ1) is 11.1. The van der Waals surface area contributed by atoms with Gasteiger partial charge in [-0.15, -0.1) is 0 Å². The lowest BCUT2D eigenvalue weighted by Gasteiger charge is -2.08. The van der Waals surface area contributed by atoms with Gasteiger partial charge in [0, 0.05) is 17.4 Å². The lowest BCUT2D eigenvalue weighted by Crippen LogP contribution is -2.27. The van der Waals surface area contributed by atoms with E-state index >= 15 is 0 Å². The third-order valence-electron chi connectivity index (χ3n) is 3.67. The summed E-state index contributed by atoms with van der Waals surface area (Å²) in [6.07, 6.45) is 5.50. The molecular formula is C18H23N3O2. The Morgan fingerprint density at radius 2 is 1.96 bits per heavy atom. The van der Waals surface area contributed by atoms with Crippen molar-refractivity contribution in [3.05, 3.63) is 58.3 Å². The van der Waals surface area contributed by atoms with Gasteiger partial charge in [0.05, 0.1) is 6.33 Å². The molecule has 0 atom stereocenters. The average molecular weight is 313 g/mol. The Labute approximate surface area is 136 Å². The Morgan fingerprint density at radius 1 is 1.22 bits per heavy atom. The molecule has 2 aromatic rings. The van der Waals surface area contributed by atoms with Crippen LogP contribution in [0.15, 0.2) is 41.5 Å². The van der Waals surface area contributed by atoms with E-state index in [1.165, 1.54) is 22.5 Å². The SMILES string of the molecule is CCCCc1ccc(NC(=O)Cn2cnc(CC)cc2=O)cc1. The molecule has 1 heterocycles. The zero-order chi connectivity index (χ0) is 16.7. The second-order valence-electron chi connectivity index (χ2n) is 5.55. The second kappa shape index (κ2) is 8.27. The van der Waals surface area contributed by atoms with E-state index in [1.54, 1.807) is 0 Å². The molecule has 1 aromatic carbocycles. The molecule has 0 aliphatic rings. The van der Waals surface area contributed by atoms with Crippen molar-refractivity contribution in [3.8, 4) is 0 Å². The number of unbranched alkanes of at least 4 members (excludes halogenated alkanes) is 1. The molecule has 23 heavy (non-hydrogen) atoms. The van der Waals surface area contributed by atoms with Gasteiger partial charge in [-0.3, -0.25) is 14.2 Å². The van der Waals surface area contributed by atoms with Gasteiger partial charge in [-0.05, 0) is 37.0 Å². The molecule has 1 N–H and O–H groups in total. The van der Waals surface area contributed by atoms with E-state index in [9.17, 15) is 9.59 Å². The number of benzene rings is 1. The molecule has 5 nitrogen and oxygen atoms in total. The van der Waals surface area contributed by atoms with Crippen molar-refractivity contribution >= 4 is 11.6 Å². The fourth-order valence-electron chi connectivity index (χ4n) is 2.27. The number of aryl methyl sites for hydroxylation is 2. The molecule has 122 valence electrons. The van der Waals surface area contributed by atoms with Gasteiger partial charge < -0.3 is 5.32 Å². The van der Waals surface area contributed by atoms with Gasteiger partial charge in [0.2, 0.25) is 5.91 Å². The first kappa shape index (κ1) is 16.9. The van der Waals surface area contributed by atoms with Crippen LogP contribution in [0, 0.1) is 0 Å². The van der Waals surface area contributed by atoms with E-state index in [4.69, 9.17) is 0 Å². The minimum atomic E-state index is -0.237. The van der Waals surface area contributed by atoms with Crippen molar-refractivity contribution in [2.24, 2.45) is 0 Å². The summed E-state index contributed by atoms with van der Waals surface area (Å²) in [5, 5.41) is 2.80. The van der Waals surface area contributed by atoms with Gasteiger partial charge in [0.25, 0.3) is 5.56 Å². The van der Waals surface area contributed by atoms with Crippen LogP contribution in [0.1, 0.15) is 37.9 Å². The van der Waals surface area contributed by atoms with E-state index in [2.05, 4.69) is 17.2 Å². The Hall–Kier alpha value is -2.43. The highest BCUT2D eigenvalue weighted by molar-refractivity contribution is 5.90. The molecule has 5 heteroatoms. The molecule has 0 radical (unpaired) electrons. The van der Waals surface area contributed by atoms with Gasteiger partial charge in [-0.1, -0.05) is 32.4 Å². The molecule has 1 amide bonds. The van der Waals surface area contributed by atoms with Crippen LogP contribution in [0.3, 0.4) is 0 Å². The summed E-state index contributed by atoms with van der Waals surface area (Å²) in [4.78, 5) is 28.1. The van der Waals surface area contributed by atoms with Crippen LogP contribution in [-0.2, 0) is 24.2 Å². The molecule has 2 rings (SSSR count). The maximum atomic E-state index is 12.0. The van der Waals surface area contributed by atoms with Crippen LogP contribution < -0.4 is 10.9 Å². The van der Waals surface area contributed by atoms with E-state index in [0.29, 0.717) is 6.42 Å². The van der Waals surface area contributed by atoms with Gasteiger partial charge >= 0.3 is 0 Å². The average Bonchev–Trinajstić information content (AvgIpc) is 2.56. The fourth-order valence-corrected chi connectivity index (χ4v) is 2.27. The Balaban J connectivity index is 1.95. The van der Waals surface area contributed by atoms with Crippen LogP contribution >= 0.6 is 0 Å². The molecule has 0 saturated carbocycles. The number of anilines is 1. The van der Waals surface area contributed by atoms with Crippen molar-refractivity contribution in [1.29, 1.82) is 0 Å². The highest BCUT2D eigenvalue weighted by Crippen LogP contribution is 2.11. The minimum absolute atomic E-state index is 0.0343. The third-order valence-corrected chi connectivity index (χ3v) is 3.67. The molecule has 0 saturated heterocycles. The maximum Gasteiger partial charge on any atom is 0.253 e. The quantitative estimate of drug-likeness (QED) is 0.855. The number of nitrogens with one attached hydrogen (secondary N) is 1. The van der Waals surface area contributed by atoms with Crippen molar-refractivity contribution < 1.29 is 4.79 Å². The summed E-state index contributed by atoms with van der Waals surface area (Å²) in [6.45, 7) is 4.06. The smallest absolute Gasteiger partial charge is 0.253 e. The zero-order valence-corrected chi connectivity index (χ0v) is 13.7. The number of carbonyl (C=O) groups is 1. The number of amides is 1. The van der Waals surface area contributed by atoms with Crippen LogP contribution in [0.25, 0.3) is 0 Å². The highest BCUT2D eigenvalue weighted by Gasteiger charge is 2.06. The normalized spacial score (nSPS) is 10.5. The number of nitrogens with zero attached hydrogens (tertiary/aromatic N) is 2.